The third kappa shape index (κ3) is 5.88. The zero-order valence-electron chi connectivity index (χ0n) is 21.5. The van der Waals surface area contributed by atoms with Crippen LogP contribution < -0.4 is 10.2 Å². The van der Waals surface area contributed by atoms with Gasteiger partial charge in [0.1, 0.15) is 12.1 Å². The van der Waals surface area contributed by atoms with E-state index in [1.807, 2.05) is 42.8 Å². The number of benzene rings is 2. The first kappa shape index (κ1) is 24.7. The number of carbonyl (C=O) groups is 1. The van der Waals surface area contributed by atoms with Crippen molar-refractivity contribution >= 4 is 11.7 Å². The molecule has 1 amide bonds. The summed E-state index contributed by atoms with van der Waals surface area (Å²) in [6.07, 6.45) is 4.28. The van der Waals surface area contributed by atoms with E-state index in [9.17, 15) is 4.79 Å². The van der Waals surface area contributed by atoms with Crippen molar-refractivity contribution < 1.29 is 4.79 Å². The van der Waals surface area contributed by atoms with Gasteiger partial charge >= 0.3 is 0 Å². The van der Waals surface area contributed by atoms with Gasteiger partial charge in [0, 0.05) is 37.3 Å². The molecule has 37 heavy (non-hydrogen) atoms. The van der Waals surface area contributed by atoms with Gasteiger partial charge in [-0.1, -0.05) is 60.7 Å². The minimum atomic E-state index is -0.0623. The van der Waals surface area contributed by atoms with E-state index in [4.69, 9.17) is 0 Å². The predicted octanol–water partition coefficient (Wildman–Crippen LogP) is 4.83. The maximum atomic E-state index is 13.2. The standard InChI is InChI=1S/C30H34N6O/c1-22-18-23(2)36(34-22)29-19-28(32-21-33-29)35-17-9-14-26(20-35)30(37)31-16-15-27(24-10-5-3-6-11-24)25-12-7-4-8-13-25/h3-8,10-13,18-19,21,26-27H,9,14-17,20H2,1-2H3,(H,31,37). The van der Waals surface area contributed by atoms with E-state index in [1.54, 1.807) is 6.33 Å². The van der Waals surface area contributed by atoms with Crippen LogP contribution in [0, 0.1) is 19.8 Å². The summed E-state index contributed by atoms with van der Waals surface area (Å²) in [5.74, 6) is 1.89. The van der Waals surface area contributed by atoms with Crippen LogP contribution in [0.1, 0.15) is 47.7 Å². The quantitative estimate of drug-likeness (QED) is 0.380. The van der Waals surface area contributed by atoms with Gasteiger partial charge in [-0.25, -0.2) is 14.6 Å². The highest BCUT2D eigenvalue weighted by atomic mass is 16.1. The van der Waals surface area contributed by atoms with E-state index in [2.05, 4.69) is 73.8 Å². The van der Waals surface area contributed by atoms with Crippen molar-refractivity contribution in [3.05, 3.63) is 102 Å². The van der Waals surface area contributed by atoms with Crippen molar-refractivity contribution in [2.75, 3.05) is 24.5 Å². The normalized spacial score (nSPS) is 15.6. The molecule has 1 fully saturated rings. The van der Waals surface area contributed by atoms with E-state index < -0.39 is 0 Å². The van der Waals surface area contributed by atoms with Crippen molar-refractivity contribution in [2.45, 2.75) is 39.0 Å². The molecular formula is C30H34N6O. The summed E-state index contributed by atoms with van der Waals surface area (Å²) < 4.78 is 1.84. The first-order valence-electron chi connectivity index (χ1n) is 13.1. The summed E-state index contributed by atoms with van der Waals surface area (Å²) in [6, 6.07) is 25.1. The second-order valence-corrected chi connectivity index (χ2v) is 9.81. The number of aromatic nitrogens is 4. The van der Waals surface area contributed by atoms with Crippen molar-refractivity contribution in [3.8, 4) is 5.82 Å². The third-order valence-electron chi connectivity index (χ3n) is 7.12. The smallest absolute Gasteiger partial charge is 0.224 e. The molecule has 1 atom stereocenters. The lowest BCUT2D eigenvalue weighted by atomic mass is 9.88. The lowest BCUT2D eigenvalue weighted by molar-refractivity contribution is -0.125. The third-order valence-corrected chi connectivity index (χ3v) is 7.12. The number of anilines is 1. The molecule has 0 bridgehead atoms. The van der Waals surface area contributed by atoms with Crippen LogP contribution in [0.5, 0.6) is 0 Å². The molecule has 0 saturated carbocycles. The van der Waals surface area contributed by atoms with Crippen LogP contribution in [0.4, 0.5) is 5.82 Å². The number of hydrogen-bond acceptors (Lipinski definition) is 5. The van der Waals surface area contributed by atoms with Gasteiger partial charge in [0.15, 0.2) is 5.82 Å². The molecule has 1 saturated heterocycles. The fourth-order valence-corrected chi connectivity index (χ4v) is 5.27. The largest absolute Gasteiger partial charge is 0.356 e. The fraction of sp³-hybridized carbons (Fsp3) is 0.333. The van der Waals surface area contributed by atoms with Gasteiger partial charge in [-0.3, -0.25) is 4.79 Å². The van der Waals surface area contributed by atoms with Gasteiger partial charge in [0.05, 0.1) is 11.6 Å². The van der Waals surface area contributed by atoms with Crippen molar-refractivity contribution in [1.82, 2.24) is 25.1 Å². The SMILES string of the molecule is Cc1cc(C)n(-c2cc(N3CCCC(C(=O)NCCC(c4ccccc4)c4ccccc4)C3)ncn2)n1. The van der Waals surface area contributed by atoms with E-state index in [1.165, 1.54) is 11.1 Å². The second-order valence-electron chi connectivity index (χ2n) is 9.81. The Morgan fingerprint density at radius 1 is 0.973 bits per heavy atom. The van der Waals surface area contributed by atoms with Crippen LogP contribution in [0.2, 0.25) is 0 Å². The lowest BCUT2D eigenvalue weighted by Gasteiger charge is -2.33. The van der Waals surface area contributed by atoms with Crippen molar-refractivity contribution in [2.24, 2.45) is 5.92 Å². The maximum Gasteiger partial charge on any atom is 0.224 e. The number of aryl methyl sites for hydroxylation is 2. The Hall–Kier alpha value is -4.00. The molecule has 0 radical (unpaired) electrons. The molecule has 1 unspecified atom stereocenters. The molecule has 0 aliphatic carbocycles. The maximum absolute atomic E-state index is 13.2. The van der Waals surface area contributed by atoms with Gasteiger partial charge in [-0.15, -0.1) is 0 Å². The van der Waals surface area contributed by atoms with E-state index in [0.29, 0.717) is 13.1 Å². The zero-order valence-corrected chi connectivity index (χ0v) is 21.5. The lowest BCUT2D eigenvalue weighted by Crippen LogP contribution is -2.43. The highest BCUT2D eigenvalue weighted by Gasteiger charge is 2.27. The molecule has 7 nitrogen and oxygen atoms in total. The molecule has 2 aromatic heterocycles. The Kier molecular flexibility index (Phi) is 7.59. The molecule has 1 aliphatic heterocycles. The summed E-state index contributed by atoms with van der Waals surface area (Å²) in [5.41, 5.74) is 4.53. The summed E-state index contributed by atoms with van der Waals surface area (Å²) >= 11 is 0. The first-order chi connectivity index (χ1) is 18.1. The molecule has 4 aromatic rings. The van der Waals surface area contributed by atoms with Gasteiger partial charge in [0.2, 0.25) is 5.91 Å². The van der Waals surface area contributed by atoms with Crippen LogP contribution in [0.3, 0.4) is 0 Å². The molecule has 2 aromatic carbocycles. The average molecular weight is 495 g/mol. The minimum absolute atomic E-state index is 0.0623. The van der Waals surface area contributed by atoms with Crippen LogP contribution in [-0.4, -0.2) is 45.3 Å². The van der Waals surface area contributed by atoms with E-state index in [0.717, 1.165) is 48.8 Å². The van der Waals surface area contributed by atoms with Crippen LogP contribution in [0.15, 0.2) is 79.1 Å². The highest BCUT2D eigenvalue weighted by molar-refractivity contribution is 5.79. The molecular weight excluding hydrogens is 460 g/mol. The summed E-state index contributed by atoms with van der Waals surface area (Å²) in [6.45, 7) is 6.16. The number of rotatable bonds is 8. The van der Waals surface area contributed by atoms with Gasteiger partial charge < -0.3 is 10.2 Å². The predicted molar refractivity (Wildman–Crippen MR) is 146 cm³/mol. The topological polar surface area (TPSA) is 75.9 Å². The number of nitrogens with one attached hydrogen (secondary N) is 1. The first-order valence-corrected chi connectivity index (χ1v) is 13.1. The fourth-order valence-electron chi connectivity index (χ4n) is 5.27. The van der Waals surface area contributed by atoms with Crippen LogP contribution in [-0.2, 0) is 4.79 Å². The molecule has 3 heterocycles. The second kappa shape index (κ2) is 11.4. The number of amides is 1. The molecule has 5 rings (SSSR count). The van der Waals surface area contributed by atoms with Gasteiger partial charge in [-0.05, 0) is 50.3 Å². The van der Waals surface area contributed by atoms with Crippen molar-refractivity contribution in [3.63, 3.8) is 0 Å². The summed E-state index contributed by atoms with van der Waals surface area (Å²) in [5, 5.41) is 7.77. The monoisotopic (exact) mass is 494 g/mol. The van der Waals surface area contributed by atoms with E-state index in [-0.39, 0.29) is 17.7 Å². The van der Waals surface area contributed by atoms with Crippen LogP contribution >= 0.6 is 0 Å². The average Bonchev–Trinajstić information content (AvgIpc) is 3.29. The van der Waals surface area contributed by atoms with Gasteiger partial charge in [0.25, 0.3) is 0 Å². The number of piperidine rings is 1. The Morgan fingerprint density at radius 2 is 1.65 bits per heavy atom. The van der Waals surface area contributed by atoms with Gasteiger partial charge in [-0.2, -0.15) is 5.10 Å². The number of hydrogen-bond donors (Lipinski definition) is 1. The van der Waals surface area contributed by atoms with E-state index >= 15 is 0 Å². The minimum Gasteiger partial charge on any atom is -0.356 e. The Morgan fingerprint density at radius 3 is 2.30 bits per heavy atom. The van der Waals surface area contributed by atoms with Crippen LogP contribution in [0.25, 0.3) is 5.82 Å². The number of nitrogens with zero attached hydrogens (tertiary/aromatic N) is 5. The number of carbonyl (C=O) groups excluding carboxylic acids is 1. The molecule has 7 heteroatoms. The zero-order chi connectivity index (χ0) is 25.6. The Bertz CT molecular complexity index is 1280. The molecule has 1 N–H and O–H groups in total. The molecule has 0 spiro atoms. The molecule has 1 aliphatic rings. The molecule has 190 valence electrons. The Balaban J connectivity index is 1.22. The Labute approximate surface area is 218 Å². The summed E-state index contributed by atoms with van der Waals surface area (Å²) in [7, 11) is 0. The summed E-state index contributed by atoms with van der Waals surface area (Å²) in [4.78, 5) is 24.3. The highest BCUT2D eigenvalue weighted by Crippen LogP contribution is 2.28. The van der Waals surface area contributed by atoms with Crippen molar-refractivity contribution in [1.29, 1.82) is 0 Å².